The Bertz CT molecular complexity index is 384. The monoisotopic (exact) mass is 350 g/mol. The second-order valence-corrected chi connectivity index (χ2v) is 6.77. The smallest absolute Gasteiger partial charge is 0.328 e. The van der Waals surface area contributed by atoms with Crippen molar-refractivity contribution in [1.29, 1.82) is 0 Å². The van der Waals surface area contributed by atoms with Gasteiger partial charge in [-0.05, 0) is 5.56 Å². The van der Waals surface area contributed by atoms with Gasteiger partial charge in [-0.25, -0.2) is 0 Å². The highest BCUT2D eigenvalue weighted by atomic mass is 35.5. The molecule has 0 aliphatic rings. The van der Waals surface area contributed by atoms with E-state index in [1.165, 1.54) is 7.11 Å². The normalized spacial score (nSPS) is 13.9. The molecule has 1 atom stereocenters. The zero-order valence-electron chi connectivity index (χ0n) is 9.89. The number of rotatable bonds is 5. The third-order valence-electron chi connectivity index (χ3n) is 1.68. The lowest BCUT2D eigenvalue weighted by atomic mass is 10.2. The fourth-order valence-electron chi connectivity index (χ4n) is 0.950. The molecular weight excluding hydrogens is 337 g/mol. The Kier molecular flexibility index (Phi) is 10.2. The van der Waals surface area contributed by atoms with E-state index in [4.69, 9.17) is 37.9 Å². The molecule has 19 heavy (non-hydrogen) atoms. The zero-order chi connectivity index (χ0) is 14.9. The molecular formula is C9H14Cl2O6P2. The summed E-state index contributed by atoms with van der Waals surface area (Å²) in [5.74, 6) is 0. The zero-order valence-corrected chi connectivity index (χ0v) is 13.2. The Labute approximate surface area is 122 Å². The minimum absolute atomic E-state index is 0.0737. The molecule has 10 heteroatoms. The summed E-state index contributed by atoms with van der Waals surface area (Å²) in [5, 5.41) is -1.15. The Balaban J connectivity index is 0.000000399. The highest BCUT2D eigenvalue weighted by Crippen LogP contribution is 2.44. The summed E-state index contributed by atoms with van der Waals surface area (Å²) in [6.07, 6.45) is 0.0737. The van der Waals surface area contributed by atoms with Crippen molar-refractivity contribution in [3.63, 3.8) is 0 Å². The van der Waals surface area contributed by atoms with Gasteiger partial charge in [0.25, 0.3) is 0 Å². The average Bonchev–Trinajstić information content (AvgIpc) is 2.28. The maximum Gasteiger partial charge on any atom is 0.332 e. The topological polar surface area (TPSA) is 96.2 Å². The predicted octanol–water partition coefficient (Wildman–Crippen LogP) is 2.99. The molecule has 1 rings (SSSR count). The fraction of sp³-hybridized carbons (Fsp3) is 0.333. The molecule has 6 nitrogen and oxygen atoms in total. The first kappa shape index (κ1) is 19.3. The molecule has 1 aromatic carbocycles. The fourth-order valence-corrected chi connectivity index (χ4v) is 2.32. The third kappa shape index (κ3) is 11.8. The van der Waals surface area contributed by atoms with Crippen LogP contribution in [0.5, 0.6) is 0 Å². The first-order valence-corrected chi connectivity index (χ1v) is 8.61. The van der Waals surface area contributed by atoms with E-state index in [1.807, 2.05) is 18.2 Å². The van der Waals surface area contributed by atoms with Crippen molar-refractivity contribution in [2.45, 2.75) is 11.2 Å². The molecule has 1 aromatic rings. The molecule has 0 saturated carbocycles. The molecule has 1 unspecified atom stereocenters. The van der Waals surface area contributed by atoms with Crippen LogP contribution in [0.15, 0.2) is 30.3 Å². The lowest BCUT2D eigenvalue weighted by Gasteiger charge is -2.07. The largest absolute Gasteiger partial charge is 0.332 e. The van der Waals surface area contributed by atoms with E-state index < -0.39 is 21.2 Å². The number of benzene rings is 1. The lowest BCUT2D eigenvalue weighted by Crippen LogP contribution is -1.88. The molecule has 0 aliphatic heterocycles. The highest BCUT2D eigenvalue weighted by molar-refractivity contribution is 7.51. The summed E-state index contributed by atoms with van der Waals surface area (Å²) in [6, 6.07) is 9.10. The van der Waals surface area contributed by atoms with Crippen LogP contribution >= 0.6 is 39.4 Å². The van der Waals surface area contributed by atoms with E-state index in [0.29, 0.717) is 0 Å². The van der Waals surface area contributed by atoms with Gasteiger partial charge in [-0.1, -0.05) is 53.5 Å². The van der Waals surface area contributed by atoms with Crippen molar-refractivity contribution in [3.05, 3.63) is 35.9 Å². The second kappa shape index (κ2) is 10.1. The van der Waals surface area contributed by atoms with Gasteiger partial charge in [0.1, 0.15) is 0 Å². The average molecular weight is 351 g/mol. The number of halogens is 2. The van der Waals surface area contributed by atoms with Gasteiger partial charge in [-0.2, -0.15) is 0 Å². The van der Waals surface area contributed by atoms with Gasteiger partial charge < -0.3 is 19.2 Å². The SMILES string of the molecule is COP(=O)(O)Cc1ccccc1.OP(O)OC(Cl)Cl. The van der Waals surface area contributed by atoms with Crippen LogP contribution in [-0.2, 0) is 19.8 Å². The van der Waals surface area contributed by atoms with Crippen LogP contribution in [0.25, 0.3) is 0 Å². The summed E-state index contributed by atoms with van der Waals surface area (Å²) in [4.78, 5) is 25.0. The van der Waals surface area contributed by atoms with E-state index in [1.54, 1.807) is 12.1 Å². The van der Waals surface area contributed by atoms with Crippen LogP contribution in [0.1, 0.15) is 5.56 Å². The van der Waals surface area contributed by atoms with E-state index in [0.717, 1.165) is 5.56 Å². The van der Waals surface area contributed by atoms with Gasteiger partial charge in [-0.15, -0.1) is 0 Å². The molecule has 0 radical (unpaired) electrons. The molecule has 0 aromatic heterocycles. The molecule has 0 fully saturated rings. The number of hydrogen-bond acceptors (Lipinski definition) is 5. The summed E-state index contributed by atoms with van der Waals surface area (Å²) >= 11 is 9.82. The van der Waals surface area contributed by atoms with Crippen molar-refractivity contribution in [2.24, 2.45) is 0 Å². The molecule has 0 amide bonds. The Morgan fingerprint density at radius 2 is 1.84 bits per heavy atom. The minimum Gasteiger partial charge on any atom is -0.328 e. The van der Waals surface area contributed by atoms with Crippen molar-refractivity contribution in [3.8, 4) is 0 Å². The van der Waals surface area contributed by atoms with Crippen molar-refractivity contribution in [1.82, 2.24) is 0 Å². The second-order valence-electron chi connectivity index (χ2n) is 3.08. The van der Waals surface area contributed by atoms with E-state index in [2.05, 4.69) is 9.05 Å². The lowest BCUT2D eigenvalue weighted by molar-refractivity contribution is 0.276. The quantitative estimate of drug-likeness (QED) is 0.558. The van der Waals surface area contributed by atoms with Crippen molar-refractivity contribution >= 4 is 39.4 Å². The number of hydrogen-bond donors (Lipinski definition) is 3. The van der Waals surface area contributed by atoms with Crippen LogP contribution in [-0.4, -0.2) is 26.8 Å². The number of alkyl halides is 2. The van der Waals surface area contributed by atoms with Gasteiger partial charge in [0.2, 0.25) is 5.02 Å². The first-order valence-electron chi connectivity index (χ1n) is 4.81. The molecule has 0 spiro atoms. The summed E-state index contributed by atoms with van der Waals surface area (Å²) in [6.45, 7) is 0. The van der Waals surface area contributed by atoms with Gasteiger partial charge in [0.15, 0.2) is 0 Å². The van der Waals surface area contributed by atoms with Gasteiger partial charge in [0, 0.05) is 7.11 Å². The minimum atomic E-state index is -3.40. The van der Waals surface area contributed by atoms with Crippen LogP contribution in [0.4, 0.5) is 0 Å². The molecule has 3 N–H and O–H groups in total. The van der Waals surface area contributed by atoms with Gasteiger partial charge in [0.05, 0.1) is 6.16 Å². The van der Waals surface area contributed by atoms with E-state index in [9.17, 15) is 4.57 Å². The maximum absolute atomic E-state index is 11.1. The summed E-state index contributed by atoms with van der Waals surface area (Å²) in [5.41, 5.74) is 0.810. The van der Waals surface area contributed by atoms with E-state index in [-0.39, 0.29) is 6.16 Å². The first-order chi connectivity index (χ1) is 8.76. The third-order valence-corrected chi connectivity index (χ3v) is 3.85. The van der Waals surface area contributed by atoms with Crippen molar-refractivity contribution in [2.75, 3.05) is 7.11 Å². The predicted molar refractivity (Wildman–Crippen MR) is 74.9 cm³/mol. The Morgan fingerprint density at radius 1 is 1.32 bits per heavy atom. The van der Waals surface area contributed by atoms with Gasteiger partial charge in [-0.3, -0.25) is 9.09 Å². The summed E-state index contributed by atoms with van der Waals surface area (Å²) < 4.78 is 19.5. The van der Waals surface area contributed by atoms with Crippen LogP contribution < -0.4 is 0 Å². The van der Waals surface area contributed by atoms with E-state index >= 15 is 0 Å². The Hall–Kier alpha value is 0.260. The van der Waals surface area contributed by atoms with Crippen LogP contribution in [0, 0.1) is 0 Å². The van der Waals surface area contributed by atoms with Crippen molar-refractivity contribution < 1.29 is 28.3 Å². The highest BCUT2D eigenvalue weighted by Gasteiger charge is 2.16. The standard InChI is InChI=1S/C8H11O3P.CH3Cl2O3P/c1-11-12(9,10)7-8-5-3-2-4-6-8;2-1(3)6-7(4)5/h2-6H,7H2,1H3,(H,9,10);1,4-5H. The molecule has 0 heterocycles. The Morgan fingerprint density at radius 3 is 2.16 bits per heavy atom. The maximum atomic E-state index is 11.1. The molecule has 0 aliphatic carbocycles. The molecule has 0 bridgehead atoms. The van der Waals surface area contributed by atoms with Gasteiger partial charge >= 0.3 is 16.2 Å². The molecule has 110 valence electrons. The van der Waals surface area contributed by atoms with Crippen LogP contribution in [0.3, 0.4) is 0 Å². The van der Waals surface area contributed by atoms with Crippen LogP contribution in [0.2, 0.25) is 0 Å². The summed E-state index contributed by atoms with van der Waals surface area (Å²) in [7, 11) is -4.56. The molecule has 0 saturated heterocycles.